The van der Waals surface area contributed by atoms with Crippen LogP contribution < -0.4 is 10.6 Å². The van der Waals surface area contributed by atoms with Gasteiger partial charge in [0.2, 0.25) is 5.91 Å². The van der Waals surface area contributed by atoms with Crippen LogP contribution in [0, 0.1) is 12.8 Å². The first-order valence-electron chi connectivity index (χ1n) is 7.85. The highest BCUT2D eigenvalue weighted by molar-refractivity contribution is 5.92. The highest BCUT2D eigenvalue weighted by atomic mass is 19.4. The van der Waals surface area contributed by atoms with E-state index in [0.29, 0.717) is 13.1 Å². The normalized spacial score (nSPS) is 20.8. The minimum absolute atomic E-state index is 0.0361. The van der Waals surface area contributed by atoms with Gasteiger partial charge in [-0.25, -0.2) is 0 Å². The molecule has 0 unspecified atom stereocenters. The molecule has 3 rings (SSSR count). The molecule has 7 nitrogen and oxygen atoms in total. The third kappa shape index (κ3) is 3.84. The molecule has 10 heteroatoms. The molecule has 1 saturated heterocycles. The molecule has 2 atom stereocenters. The zero-order valence-electron chi connectivity index (χ0n) is 13.8. The summed E-state index contributed by atoms with van der Waals surface area (Å²) >= 11 is 0. The molecule has 1 fully saturated rings. The number of aryl methyl sites for hydroxylation is 1. The second-order valence-electron chi connectivity index (χ2n) is 6.18. The van der Waals surface area contributed by atoms with Crippen LogP contribution in [0.3, 0.4) is 0 Å². The van der Waals surface area contributed by atoms with Gasteiger partial charge in [-0.15, -0.1) is 0 Å². The maximum atomic E-state index is 12.6. The Kier molecular flexibility index (Phi) is 4.55. The van der Waals surface area contributed by atoms with Crippen LogP contribution in [0.1, 0.15) is 17.2 Å². The van der Waals surface area contributed by atoms with Gasteiger partial charge in [0.1, 0.15) is 6.54 Å². The molecule has 1 amide bonds. The monoisotopic (exact) mass is 356 g/mol. The number of amides is 1. The van der Waals surface area contributed by atoms with Gasteiger partial charge < -0.3 is 10.6 Å². The SMILES string of the molecule is Cc1c([C@H]2CNC[C@@H]2C(=O)Nc2ccn(CC(F)(F)F)n2)cnn1C. The molecule has 0 radical (unpaired) electrons. The van der Waals surface area contributed by atoms with Crippen LogP contribution in [-0.4, -0.2) is 44.7 Å². The molecule has 0 aromatic carbocycles. The number of halogens is 3. The number of carbonyl (C=O) groups excluding carboxylic acids is 1. The van der Waals surface area contributed by atoms with Crippen molar-refractivity contribution < 1.29 is 18.0 Å². The summed E-state index contributed by atoms with van der Waals surface area (Å²) in [6.07, 6.45) is -1.41. The van der Waals surface area contributed by atoms with E-state index in [1.165, 1.54) is 12.3 Å². The number of hydrogen-bond acceptors (Lipinski definition) is 4. The Balaban J connectivity index is 1.69. The average Bonchev–Trinajstić information content (AvgIpc) is 3.20. The van der Waals surface area contributed by atoms with Gasteiger partial charge in [0.05, 0.1) is 12.1 Å². The molecule has 2 aromatic rings. The van der Waals surface area contributed by atoms with Crippen molar-refractivity contribution in [3.8, 4) is 0 Å². The Labute approximate surface area is 142 Å². The molecule has 1 aliphatic rings. The number of anilines is 1. The summed E-state index contributed by atoms with van der Waals surface area (Å²) in [7, 11) is 1.84. The van der Waals surface area contributed by atoms with Crippen molar-refractivity contribution in [3.63, 3.8) is 0 Å². The number of nitrogens with one attached hydrogen (secondary N) is 2. The van der Waals surface area contributed by atoms with E-state index >= 15 is 0 Å². The molecule has 2 N–H and O–H groups in total. The van der Waals surface area contributed by atoms with Crippen LogP contribution in [0.5, 0.6) is 0 Å². The van der Waals surface area contributed by atoms with Crippen molar-refractivity contribution in [2.24, 2.45) is 13.0 Å². The molecule has 0 aliphatic carbocycles. The van der Waals surface area contributed by atoms with Crippen LogP contribution in [-0.2, 0) is 18.4 Å². The molecular weight excluding hydrogens is 337 g/mol. The minimum atomic E-state index is -4.36. The second-order valence-corrected chi connectivity index (χ2v) is 6.18. The molecule has 1 aliphatic heterocycles. The van der Waals surface area contributed by atoms with Gasteiger partial charge in [0.25, 0.3) is 0 Å². The summed E-state index contributed by atoms with van der Waals surface area (Å²) in [6, 6.07) is 1.36. The van der Waals surface area contributed by atoms with Gasteiger partial charge in [-0.1, -0.05) is 0 Å². The van der Waals surface area contributed by atoms with E-state index in [4.69, 9.17) is 0 Å². The Morgan fingerprint density at radius 3 is 2.84 bits per heavy atom. The number of hydrogen-bond donors (Lipinski definition) is 2. The fourth-order valence-electron chi connectivity index (χ4n) is 3.08. The van der Waals surface area contributed by atoms with Crippen molar-refractivity contribution in [2.75, 3.05) is 18.4 Å². The van der Waals surface area contributed by atoms with Crippen LogP contribution in [0.4, 0.5) is 19.0 Å². The number of alkyl halides is 3. The fraction of sp³-hybridized carbons (Fsp3) is 0.533. The average molecular weight is 356 g/mol. The summed E-state index contributed by atoms with van der Waals surface area (Å²) in [4.78, 5) is 12.6. The third-order valence-corrected chi connectivity index (χ3v) is 4.46. The minimum Gasteiger partial charge on any atom is -0.315 e. The summed E-state index contributed by atoms with van der Waals surface area (Å²) < 4.78 is 39.6. The predicted molar refractivity (Wildman–Crippen MR) is 84.0 cm³/mol. The quantitative estimate of drug-likeness (QED) is 0.869. The summed E-state index contributed by atoms with van der Waals surface area (Å²) in [5.41, 5.74) is 1.98. The maximum Gasteiger partial charge on any atom is 0.408 e. The van der Waals surface area contributed by atoms with E-state index in [1.807, 2.05) is 14.0 Å². The smallest absolute Gasteiger partial charge is 0.315 e. The number of aromatic nitrogens is 4. The van der Waals surface area contributed by atoms with Gasteiger partial charge in [0, 0.05) is 44.0 Å². The Hall–Kier alpha value is -2.36. The molecule has 2 aromatic heterocycles. The number of rotatable bonds is 4. The van der Waals surface area contributed by atoms with Crippen LogP contribution >= 0.6 is 0 Å². The van der Waals surface area contributed by atoms with E-state index in [9.17, 15) is 18.0 Å². The van der Waals surface area contributed by atoms with Gasteiger partial charge in [-0.05, 0) is 12.5 Å². The van der Waals surface area contributed by atoms with E-state index in [0.717, 1.165) is 15.9 Å². The predicted octanol–water partition coefficient (Wildman–Crippen LogP) is 1.43. The Morgan fingerprint density at radius 1 is 1.44 bits per heavy atom. The Morgan fingerprint density at radius 2 is 2.20 bits per heavy atom. The lowest BCUT2D eigenvalue weighted by atomic mass is 9.88. The lowest BCUT2D eigenvalue weighted by Crippen LogP contribution is -2.28. The molecule has 25 heavy (non-hydrogen) atoms. The van der Waals surface area contributed by atoms with E-state index in [-0.39, 0.29) is 23.6 Å². The van der Waals surface area contributed by atoms with Gasteiger partial charge >= 0.3 is 6.18 Å². The highest BCUT2D eigenvalue weighted by Crippen LogP contribution is 2.31. The van der Waals surface area contributed by atoms with Crippen LogP contribution in [0.25, 0.3) is 0 Å². The van der Waals surface area contributed by atoms with Crippen molar-refractivity contribution in [1.82, 2.24) is 24.9 Å². The zero-order valence-corrected chi connectivity index (χ0v) is 13.8. The maximum absolute atomic E-state index is 12.6. The number of carbonyl (C=O) groups is 1. The molecule has 0 bridgehead atoms. The van der Waals surface area contributed by atoms with Crippen molar-refractivity contribution >= 4 is 11.7 Å². The van der Waals surface area contributed by atoms with E-state index in [1.54, 1.807) is 10.9 Å². The second kappa shape index (κ2) is 6.51. The highest BCUT2D eigenvalue weighted by Gasteiger charge is 2.36. The van der Waals surface area contributed by atoms with Crippen molar-refractivity contribution in [1.29, 1.82) is 0 Å². The van der Waals surface area contributed by atoms with Crippen LogP contribution in [0.2, 0.25) is 0 Å². The molecule has 0 spiro atoms. The first-order chi connectivity index (χ1) is 11.7. The Bertz CT molecular complexity index is 766. The van der Waals surface area contributed by atoms with Crippen molar-refractivity contribution in [3.05, 3.63) is 29.7 Å². The molecular formula is C15H19F3N6O. The van der Waals surface area contributed by atoms with Gasteiger partial charge in [-0.3, -0.25) is 14.2 Å². The summed E-state index contributed by atoms with van der Waals surface area (Å²) in [6.45, 7) is 1.89. The topological polar surface area (TPSA) is 76.8 Å². The first-order valence-corrected chi connectivity index (χ1v) is 7.85. The molecule has 136 valence electrons. The van der Waals surface area contributed by atoms with Crippen LogP contribution in [0.15, 0.2) is 18.5 Å². The summed E-state index contributed by atoms with van der Waals surface area (Å²) in [5.74, 6) is -0.528. The zero-order chi connectivity index (χ0) is 18.2. The number of nitrogens with zero attached hydrogens (tertiary/aromatic N) is 4. The molecule has 0 saturated carbocycles. The standard InChI is InChI=1S/C15H19F3N6O/c1-9-10(7-20-23(9)2)11-5-19-6-12(11)14(25)21-13-3-4-24(22-13)8-15(16,17)18/h3-4,7,11-12,19H,5-6,8H2,1-2H3,(H,21,22,25)/t11-,12+/m1/s1. The van der Waals surface area contributed by atoms with Gasteiger partial charge in [0.15, 0.2) is 5.82 Å². The lowest BCUT2D eigenvalue weighted by molar-refractivity contribution is -0.142. The first kappa shape index (κ1) is 17.5. The summed E-state index contributed by atoms with van der Waals surface area (Å²) in [5, 5.41) is 13.8. The van der Waals surface area contributed by atoms with Gasteiger partial charge in [-0.2, -0.15) is 23.4 Å². The molecule has 3 heterocycles. The van der Waals surface area contributed by atoms with Crippen molar-refractivity contribution in [2.45, 2.75) is 25.6 Å². The van der Waals surface area contributed by atoms with E-state index in [2.05, 4.69) is 20.8 Å². The fourth-order valence-corrected chi connectivity index (χ4v) is 3.08. The lowest BCUT2D eigenvalue weighted by Gasteiger charge is -2.17. The third-order valence-electron chi connectivity index (χ3n) is 4.46. The largest absolute Gasteiger partial charge is 0.408 e. The van der Waals surface area contributed by atoms with E-state index < -0.39 is 12.7 Å².